The molecule has 3 heterocycles. The third-order valence-electron chi connectivity index (χ3n) is 4.09. The molecule has 0 bridgehead atoms. The summed E-state index contributed by atoms with van der Waals surface area (Å²) in [7, 11) is 0. The Labute approximate surface area is 150 Å². The summed E-state index contributed by atoms with van der Waals surface area (Å²) in [5.41, 5.74) is 0.665. The van der Waals surface area contributed by atoms with Crippen molar-refractivity contribution in [3.05, 3.63) is 33.9 Å². The molecule has 0 amide bonds. The van der Waals surface area contributed by atoms with Gasteiger partial charge in [0.15, 0.2) is 5.16 Å². The molecule has 25 heavy (non-hydrogen) atoms. The van der Waals surface area contributed by atoms with Crippen LogP contribution in [0.4, 0.5) is 0 Å². The Balaban J connectivity index is 2.19. The van der Waals surface area contributed by atoms with Gasteiger partial charge in [0.25, 0.3) is 5.56 Å². The van der Waals surface area contributed by atoms with Crippen LogP contribution >= 0.6 is 11.8 Å². The quantitative estimate of drug-likeness (QED) is 0.790. The minimum Gasteiger partial charge on any atom is -0.506 e. The molecule has 0 fully saturated rings. The van der Waals surface area contributed by atoms with E-state index in [1.54, 1.807) is 10.8 Å². The van der Waals surface area contributed by atoms with Gasteiger partial charge in [0.05, 0.1) is 11.4 Å². The van der Waals surface area contributed by atoms with E-state index in [1.165, 1.54) is 17.8 Å². The fourth-order valence-electron chi connectivity index (χ4n) is 2.86. The zero-order valence-electron chi connectivity index (χ0n) is 14.7. The fraction of sp³-hybridized carbons (Fsp3) is 0.444. The Hall–Kier alpha value is -2.33. The van der Waals surface area contributed by atoms with E-state index in [4.69, 9.17) is 0 Å². The smallest absolute Gasteiger partial charge is 0.272 e. The SMILES string of the molecule is C[C@H]1CSc2nc(-c3cnc(C(C)(C)C)c(O)c3)c(C#N)c(=O)n2C1. The highest BCUT2D eigenvalue weighted by atomic mass is 32.2. The van der Waals surface area contributed by atoms with Crippen LogP contribution in [0.1, 0.15) is 39.0 Å². The van der Waals surface area contributed by atoms with E-state index in [0.717, 1.165) is 5.75 Å². The van der Waals surface area contributed by atoms with Crippen LogP contribution in [-0.2, 0) is 12.0 Å². The highest BCUT2D eigenvalue weighted by Crippen LogP contribution is 2.33. The van der Waals surface area contributed by atoms with E-state index in [-0.39, 0.29) is 28.0 Å². The number of aromatic nitrogens is 3. The monoisotopic (exact) mass is 356 g/mol. The molecule has 0 aromatic carbocycles. The number of thioether (sulfide) groups is 1. The maximum atomic E-state index is 12.7. The first-order chi connectivity index (χ1) is 11.7. The molecule has 6 nitrogen and oxygen atoms in total. The van der Waals surface area contributed by atoms with Crippen molar-refractivity contribution in [2.45, 2.75) is 44.8 Å². The average molecular weight is 356 g/mol. The summed E-state index contributed by atoms with van der Waals surface area (Å²) in [6.45, 7) is 8.50. The molecule has 1 aliphatic rings. The lowest BCUT2D eigenvalue weighted by molar-refractivity contribution is 0.438. The van der Waals surface area contributed by atoms with Gasteiger partial charge in [0, 0.05) is 29.5 Å². The molecule has 130 valence electrons. The van der Waals surface area contributed by atoms with Crippen LogP contribution in [0.5, 0.6) is 5.75 Å². The number of nitrogens with zero attached hydrogens (tertiary/aromatic N) is 4. The zero-order chi connectivity index (χ0) is 18.4. The first-order valence-corrected chi connectivity index (χ1v) is 9.08. The van der Waals surface area contributed by atoms with Gasteiger partial charge in [-0.1, -0.05) is 39.5 Å². The van der Waals surface area contributed by atoms with E-state index in [9.17, 15) is 15.2 Å². The van der Waals surface area contributed by atoms with E-state index in [0.29, 0.717) is 28.9 Å². The van der Waals surface area contributed by atoms with Gasteiger partial charge in [-0.15, -0.1) is 0 Å². The third kappa shape index (κ3) is 3.14. The lowest BCUT2D eigenvalue weighted by atomic mass is 9.90. The molecule has 0 unspecified atom stereocenters. The molecule has 0 aliphatic carbocycles. The van der Waals surface area contributed by atoms with Crippen molar-refractivity contribution >= 4 is 11.8 Å². The lowest BCUT2D eigenvalue weighted by Gasteiger charge is -2.23. The van der Waals surface area contributed by atoms with Crippen molar-refractivity contribution in [1.82, 2.24) is 14.5 Å². The van der Waals surface area contributed by atoms with E-state index < -0.39 is 0 Å². The lowest BCUT2D eigenvalue weighted by Crippen LogP contribution is -2.32. The highest BCUT2D eigenvalue weighted by molar-refractivity contribution is 7.99. The van der Waals surface area contributed by atoms with Crippen molar-refractivity contribution in [2.75, 3.05) is 5.75 Å². The summed E-state index contributed by atoms with van der Waals surface area (Å²) in [6, 6.07) is 3.51. The third-order valence-corrected chi connectivity index (χ3v) is 5.39. The van der Waals surface area contributed by atoms with E-state index >= 15 is 0 Å². The summed E-state index contributed by atoms with van der Waals surface area (Å²) in [5.74, 6) is 1.27. The summed E-state index contributed by atoms with van der Waals surface area (Å²) < 4.78 is 1.57. The van der Waals surface area contributed by atoms with Crippen LogP contribution in [0.15, 0.2) is 22.2 Å². The second-order valence-corrected chi connectivity index (χ2v) is 8.39. The molecule has 3 rings (SSSR count). The molecule has 7 heteroatoms. The topological polar surface area (TPSA) is 91.8 Å². The van der Waals surface area contributed by atoms with Gasteiger partial charge in [-0.05, 0) is 12.0 Å². The molecule has 0 radical (unpaired) electrons. The average Bonchev–Trinajstić information content (AvgIpc) is 2.54. The standard InChI is InChI=1S/C18H20N4O2S/c1-10-8-22-16(24)12(6-19)14(21-17(22)25-9-10)11-5-13(23)15(20-7-11)18(2,3)4/h5,7,10,23H,8-9H2,1-4H3/t10-/m1/s1. The largest absolute Gasteiger partial charge is 0.506 e. The number of hydrogen-bond acceptors (Lipinski definition) is 6. The second kappa shape index (κ2) is 6.19. The molecular formula is C18H20N4O2S. The molecule has 1 atom stereocenters. The van der Waals surface area contributed by atoms with Crippen molar-refractivity contribution < 1.29 is 5.11 Å². The summed E-state index contributed by atoms with van der Waals surface area (Å²) >= 11 is 1.51. The molecule has 0 saturated carbocycles. The van der Waals surface area contributed by atoms with Crippen molar-refractivity contribution in [2.24, 2.45) is 5.92 Å². The van der Waals surface area contributed by atoms with Crippen LogP contribution in [0, 0.1) is 17.2 Å². The first-order valence-electron chi connectivity index (χ1n) is 8.10. The number of hydrogen-bond donors (Lipinski definition) is 1. The van der Waals surface area contributed by atoms with Gasteiger partial charge in [-0.3, -0.25) is 14.3 Å². The summed E-state index contributed by atoms with van der Waals surface area (Å²) in [5, 5.41) is 20.4. The van der Waals surface area contributed by atoms with Gasteiger partial charge in [-0.2, -0.15) is 5.26 Å². The normalized spacial score (nSPS) is 17.0. The molecule has 2 aromatic heterocycles. The minimum atomic E-state index is -0.332. The number of nitriles is 1. The molecule has 1 N–H and O–H groups in total. The van der Waals surface area contributed by atoms with Gasteiger partial charge in [0.2, 0.25) is 0 Å². The number of fused-ring (bicyclic) bond motifs is 1. The van der Waals surface area contributed by atoms with E-state index in [1.807, 2.05) is 26.8 Å². The molecule has 0 saturated heterocycles. The Morgan fingerprint density at radius 1 is 1.44 bits per heavy atom. The number of pyridine rings is 1. The Morgan fingerprint density at radius 2 is 2.16 bits per heavy atom. The van der Waals surface area contributed by atoms with Crippen LogP contribution < -0.4 is 5.56 Å². The first kappa shape index (κ1) is 17.5. The van der Waals surface area contributed by atoms with Crippen LogP contribution in [0.25, 0.3) is 11.3 Å². The highest BCUT2D eigenvalue weighted by Gasteiger charge is 2.25. The van der Waals surface area contributed by atoms with Gasteiger partial charge in [0.1, 0.15) is 17.4 Å². The second-order valence-electron chi connectivity index (χ2n) is 7.40. The summed E-state index contributed by atoms with van der Waals surface area (Å²) in [4.78, 5) is 21.6. The van der Waals surface area contributed by atoms with Crippen molar-refractivity contribution in [1.29, 1.82) is 5.26 Å². The van der Waals surface area contributed by atoms with E-state index in [2.05, 4.69) is 16.9 Å². The minimum absolute atomic E-state index is 0.0110. The van der Waals surface area contributed by atoms with Gasteiger partial charge in [-0.25, -0.2) is 4.98 Å². The Bertz CT molecular complexity index is 938. The van der Waals surface area contributed by atoms with Crippen LogP contribution in [-0.4, -0.2) is 25.4 Å². The van der Waals surface area contributed by atoms with Crippen LogP contribution in [0.2, 0.25) is 0 Å². The van der Waals surface area contributed by atoms with Crippen molar-refractivity contribution in [3.8, 4) is 23.1 Å². The molecule has 2 aromatic rings. The molecular weight excluding hydrogens is 336 g/mol. The summed E-state index contributed by atoms with van der Waals surface area (Å²) in [6.07, 6.45) is 1.57. The predicted molar refractivity (Wildman–Crippen MR) is 96.7 cm³/mol. The fourth-order valence-corrected chi connectivity index (χ4v) is 3.87. The number of aromatic hydroxyl groups is 1. The van der Waals surface area contributed by atoms with Crippen molar-refractivity contribution in [3.63, 3.8) is 0 Å². The maximum absolute atomic E-state index is 12.7. The maximum Gasteiger partial charge on any atom is 0.272 e. The Kier molecular flexibility index (Phi) is 4.33. The van der Waals surface area contributed by atoms with Gasteiger partial charge >= 0.3 is 0 Å². The Morgan fingerprint density at radius 3 is 2.76 bits per heavy atom. The van der Waals surface area contributed by atoms with Crippen LogP contribution in [0.3, 0.4) is 0 Å². The van der Waals surface area contributed by atoms with Gasteiger partial charge < -0.3 is 5.11 Å². The molecule has 0 spiro atoms. The predicted octanol–water partition coefficient (Wildman–Crippen LogP) is 2.92. The zero-order valence-corrected chi connectivity index (χ0v) is 15.5. The number of rotatable bonds is 1. The molecule has 1 aliphatic heterocycles.